The summed E-state index contributed by atoms with van der Waals surface area (Å²) in [5.74, 6) is 3.07. The topological polar surface area (TPSA) is 0 Å². The maximum absolute atomic E-state index is 5.06. The molecule has 1 aromatic rings. The molecule has 1 unspecified atom stereocenters. The lowest BCUT2D eigenvalue weighted by Crippen LogP contribution is -2.47. The molecule has 0 aromatic heterocycles. The van der Waals surface area contributed by atoms with Crippen molar-refractivity contribution in [1.29, 1.82) is 0 Å². The molecule has 4 fully saturated rings. The van der Waals surface area contributed by atoms with Crippen LogP contribution in [0.2, 0.25) is 0 Å². The third-order valence-corrected chi connectivity index (χ3v) is 6.63. The summed E-state index contributed by atoms with van der Waals surface area (Å²) in [7, 11) is 0. The van der Waals surface area contributed by atoms with Gasteiger partial charge in [0, 0.05) is 5.25 Å². The van der Waals surface area contributed by atoms with E-state index in [9.17, 15) is 0 Å². The van der Waals surface area contributed by atoms with Gasteiger partial charge in [-0.15, -0.1) is 0 Å². The zero-order chi connectivity index (χ0) is 12.2. The third kappa shape index (κ3) is 1.66. The number of thiol groups is 1. The molecule has 5 rings (SSSR count). The van der Waals surface area contributed by atoms with E-state index in [1.807, 2.05) is 0 Å². The fourth-order valence-corrected chi connectivity index (χ4v) is 5.99. The molecule has 0 N–H and O–H groups in total. The Morgan fingerprint density at radius 1 is 0.889 bits per heavy atom. The molecule has 0 spiro atoms. The average molecular weight is 258 g/mol. The predicted molar refractivity (Wildman–Crippen MR) is 78.8 cm³/mol. The van der Waals surface area contributed by atoms with Crippen molar-refractivity contribution in [1.82, 2.24) is 0 Å². The average Bonchev–Trinajstić information content (AvgIpc) is 2.37. The highest BCUT2D eigenvalue weighted by Crippen LogP contribution is 2.65. The fourth-order valence-electron chi connectivity index (χ4n) is 5.50. The van der Waals surface area contributed by atoms with Crippen LogP contribution < -0.4 is 0 Å². The minimum Gasteiger partial charge on any atom is -0.171 e. The Bertz CT molecular complexity index is 401. The van der Waals surface area contributed by atoms with Crippen LogP contribution in [0.4, 0.5) is 0 Å². The van der Waals surface area contributed by atoms with Crippen LogP contribution in [0.5, 0.6) is 0 Å². The summed E-state index contributed by atoms with van der Waals surface area (Å²) in [6.45, 7) is 0. The van der Waals surface area contributed by atoms with Crippen LogP contribution >= 0.6 is 12.6 Å². The molecule has 96 valence electrons. The van der Waals surface area contributed by atoms with Gasteiger partial charge in [0.05, 0.1) is 0 Å². The molecule has 0 aliphatic heterocycles. The molecule has 4 aliphatic rings. The maximum atomic E-state index is 5.06. The highest BCUT2D eigenvalue weighted by Gasteiger charge is 2.53. The molecule has 4 bridgehead atoms. The van der Waals surface area contributed by atoms with Crippen molar-refractivity contribution < 1.29 is 0 Å². The Hall–Kier alpha value is -0.430. The highest BCUT2D eigenvalue weighted by molar-refractivity contribution is 7.80. The van der Waals surface area contributed by atoms with Crippen molar-refractivity contribution in [2.24, 2.45) is 23.2 Å². The Labute approximate surface area is 116 Å². The monoisotopic (exact) mass is 258 g/mol. The van der Waals surface area contributed by atoms with Gasteiger partial charge in [-0.3, -0.25) is 0 Å². The molecule has 4 aliphatic carbocycles. The normalized spacial score (nSPS) is 43.1. The molecule has 0 nitrogen and oxygen atoms in total. The van der Waals surface area contributed by atoms with E-state index < -0.39 is 0 Å². The Morgan fingerprint density at radius 3 is 1.89 bits per heavy atom. The van der Waals surface area contributed by atoms with Crippen LogP contribution in [0, 0.1) is 23.2 Å². The lowest BCUT2D eigenvalue weighted by molar-refractivity contribution is -0.0536. The predicted octanol–water partition coefficient (Wildman–Crippen LogP) is 4.87. The summed E-state index contributed by atoms with van der Waals surface area (Å²) in [6, 6.07) is 11.0. The van der Waals surface area contributed by atoms with Gasteiger partial charge in [0.15, 0.2) is 0 Å². The van der Waals surface area contributed by atoms with Gasteiger partial charge in [0.2, 0.25) is 0 Å². The van der Waals surface area contributed by atoms with Crippen LogP contribution in [0.25, 0.3) is 0 Å². The lowest BCUT2D eigenvalue weighted by atomic mass is 9.48. The summed E-state index contributed by atoms with van der Waals surface area (Å²) >= 11 is 5.06. The van der Waals surface area contributed by atoms with Crippen molar-refractivity contribution in [3.05, 3.63) is 35.9 Å². The minimum atomic E-state index is 0.465. The zero-order valence-electron chi connectivity index (χ0n) is 10.9. The number of hydrogen-bond donors (Lipinski definition) is 1. The first-order valence-electron chi connectivity index (χ1n) is 7.48. The van der Waals surface area contributed by atoms with Crippen LogP contribution in [0.3, 0.4) is 0 Å². The number of hydrogen-bond acceptors (Lipinski definition) is 1. The van der Waals surface area contributed by atoms with Crippen LogP contribution in [0.1, 0.15) is 49.3 Å². The first-order chi connectivity index (χ1) is 8.75. The van der Waals surface area contributed by atoms with Crippen molar-refractivity contribution in [2.45, 2.75) is 43.8 Å². The molecule has 18 heavy (non-hydrogen) atoms. The standard InChI is InChI=1S/C17H22S/c18-16(15-4-2-1-3-5-15)17-9-12-6-13(10-17)8-14(7-12)11-17/h1-5,12-14,16,18H,6-11H2. The first-order valence-corrected chi connectivity index (χ1v) is 8.00. The van der Waals surface area contributed by atoms with E-state index in [2.05, 4.69) is 30.3 Å². The first kappa shape index (κ1) is 11.4. The van der Waals surface area contributed by atoms with Gasteiger partial charge in [-0.05, 0) is 67.3 Å². The van der Waals surface area contributed by atoms with Gasteiger partial charge < -0.3 is 0 Å². The van der Waals surface area contributed by atoms with E-state index in [4.69, 9.17) is 12.6 Å². The molecule has 1 aromatic carbocycles. The lowest BCUT2D eigenvalue weighted by Gasteiger charge is -2.59. The van der Waals surface area contributed by atoms with Gasteiger partial charge >= 0.3 is 0 Å². The Morgan fingerprint density at radius 2 is 1.39 bits per heavy atom. The molecule has 0 heterocycles. The number of rotatable bonds is 2. The van der Waals surface area contributed by atoms with Gasteiger partial charge in [0.25, 0.3) is 0 Å². The van der Waals surface area contributed by atoms with Gasteiger partial charge in [0.1, 0.15) is 0 Å². The van der Waals surface area contributed by atoms with Crippen LogP contribution in [-0.4, -0.2) is 0 Å². The number of benzene rings is 1. The fraction of sp³-hybridized carbons (Fsp3) is 0.647. The van der Waals surface area contributed by atoms with Crippen LogP contribution in [-0.2, 0) is 0 Å². The van der Waals surface area contributed by atoms with Crippen molar-refractivity contribution in [3.63, 3.8) is 0 Å². The van der Waals surface area contributed by atoms with E-state index in [1.54, 1.807) is 0 Å². The van der Waals surface area contributed by atoms with E-state index in [1.165, 1.54) is 44.1 Å². The molecule has 0 radical (unpaired) electrons. The van der Waals surface area contributed by atoms with Crippen molar-refractivity contribution in [3.8, 4) is 0 Å². The minimum absolute atomic E-state index is 0.465. The largest absolute Gasteiger partial charge is 0.171 e. The molecule has 1 heteroatoms. The highest BCUT2D eigenvalue weighted by atomic mass is 32.1. The molecular formula is C17H22S. The summed E-state index contributed by atoms with van der Waals surface area (Å²) < 4.78 is 0. The molecule has 4 saturated carbocycles. The van der Waals surface area contributed by atoms with E-state index in [0.29, 0.717) is 10.7 Å². The van der Waals surface area contributed by atoms with E-state index >= 15 is 0 Å². The summed E-state index contributed by atoms with van der Waals surface area (Å²) in [5.41, 5.74) is 1.97. The summed E-state index contributed by atoms with van der Waals surface area (Å²) in [6.07, 6.45) is 8.91. The second kappa shape index (κ2) is 4.03. The van der Waals surface area contributed by atoms with Gasteiger partial charge in [-0.1, -0.05) is 30.3 Å². The molecular weight excluding hydrogens is 236 g/mol. The zero-order valence-corrected chi connectivity index (χ0v) is 11.8. The second-order valence-corrected chi connectivity index (χ2v) is 7.61. The smallest absolute Gasteiger partial charge is 0.0323 e. The Balaban J connectivity index is 1.67. The Kier molecular flexibility index (Phi) is 2.55. The van der Waals surface area contributed by atoms with Crippen molar-refractivity contribution in [2.75, 3.05) is 0 Å². The summed E-state index contributed by atoms with van der Waals surface area (Å²) in [5, 5.41) is 0.465. The summed E-state index contributed by atoms with van der Waals surface area (Å²) in [4.78, 5) is 0. The third-order valence-electron chi connectivity index (χ3n) is 5.78. The second-order valence-electron chi connectivity index (χ2n) is 7.09. The SMILES string of the molecule is SC(c1ccccc1)C12CC3CC(CC(C3)C1)C2. The van der Waals surface area contributed by atoms with E-state index in [0.717, 1.165) is 17.8 Å². The van der Waals surface area contributed by atoms with Crippen molar-refractivity contribution >= 4 is 12.6 Å². The molecule has 0 saturated heterocycles. The molecule has 1 atom stereocenters. The maximum Gasteiger partial charge on any atom is 0.0323 e. The van der Waals surface area contributed by atoms with Gasteiger partial charge in [-0.25, -0.2) is 0 Å². The molecule has 0 amide bonds. The van der Waals surface area contributed by atoms with E-state index in [-0.39, 0.29) is 0 Å². The van der Waals surface area contributed by atoms with Gasteiger partial charge in [-0.2, -0.15) is 12.6 Å². The van der Waals surface area contributed by atoms with Crippen LogP contribution in [0.15, 0.2) is 30.3 Å². The quantitative estimate of drug-likeness (QED) is 0.719.